The van der Waals surface area contributed by atoms with Crippen LogP contribution in [0.25, 0.3) is 0 Å². The molecule has 1 aliphatic carbocycles. The van der Waals surface area contributed by atoms with Crippen LogP contribution in [0.4, 0.5) is 0 Å². The quantitative estimate of drug-likeness (QED) is 0.231. The molecule has 1 fully saturated rings. The predicted molar refractivity (Wildman–Crippen MR) is 117 cm³/mol. The van der Waals surface area contributed by atoms with Gasteiger partial charge in [-0.1, -0.05) is 28.1 Å². The second kappa shape index (κ2) is 11.6. The van der Waals surface area contributed by atoms with E-state index < -0.39 is 0 Å². The minimum Gasteiger partial charge on any atom is -0.357 e. The highest BCUT2D eigenvalue weighted by Gasteiger charge is 2.38. The molecule has 3 nitrogen and oxygen atoms in total. The van der Waals surface area contributed by atoms with E-state index in [1.807, 2.05) is 11.8 Å². The Balaban J connectivity index is 0.00000264. The molecule has 0 aliphatic heterocycles. The standard InChI is InChI=1S/C17H26BrN3S.HI/c1-3-19-17(20-10-4-5-11-22-2)21-16-12-15(16)13-6-8-14(18)9-7-13;/h6-9,15-16H,3-5,10-12H2,1-2H3,(H2,19,20,21);1H. The van der Waals surface area contributed by atoms with Crippen LogP contribution >= 0.6 is 51.7 Å². The summed E-state index contributed by atoms with van der Waals surface area (Å²) >= 11 is 5.40. The summed E-state index contributed by atoms with van der Waals surface area (Å²) in [4.78, 5) is 4.69. The van der Waals surface area contributed by atoms with Crippen molar-refractivity contribution < 1.29 is 0 Å². The molecule has 0 spiro atoms. The minimum atomic E-state index is 0. The van der Waals surface area contributed by atoms with Crippen LogP contribution in [0, 0.1) is 0 Å². The van der Waals surface area contributed by atoms with Crippen LogP contribution in [0.1, 0.15) is 37.7 Å². The lowest BCUT2D eigenvalue weighted by Gasteiger charge is -2.11. The van der Waals surface area contributed by atoms with Gasteiger partial charge in [-0.2, -0.15) is 11.8 Å². The molecular weight excluding hydrogens is 485 g/mol. The number of thioether (sulfide) groups is 1. The van der Waals surface area contributed by atoms with Gasteiger partial charge in [0.15, 0.2) is 5.96 Å². The Labute approximate surface area is 170 Å². The molecule has 0 bridgehead atoms. The Morgan fingerprint density at radius 3 is 2.70 bits per heavy atom. The van der Waals surface area contributed by atoms with Gasteiger partial charge in [0.05, 0.1) is 0 Å². The molecule has 130 valence electrons. The molecule has 0 heterocycles. The third-order valence-electron chi connectivity index (χ3n) is 3.78. The molecule has 0 aromatic heterocycles. The molecule has 6 heteroatoms. The molecular formula is C17H27BrIN3S. The molecule has 0 amide bonds. The maximum absolute atomic E-state index is 4.69. The van der Waals surface area contributed by atoms with Gasteiger partial charge < -0.3 is 10.6 Å². The van der Waals surface area contributed by atoms with Gasteiger partial charge in [0.1, 0.15) is 0 Å². The van der Waals surface area contributed by atoms with E-state index in [1.54, 1.807) is 0 Å². The van der Waals surface area contributed by atoms with Crippen molar-refractivity contribution in [3.8, 4) is 0 Å². The summed E-state index contributed by atoms with van der Waals surface area (Å²) < 4.78 is 1.14. The van der Waals surface area contributed by atoms with Gasteiger partial charge in [-0.15, -0.1) is 24.0 Å². The fourth-order valence-corrected chi connectivity index (χ4v) is 3.23. The Bertz CT molecular complexity index is 481. The van der Waals surface area contributed by atoms with Crippen molar-refractivity contribution >= 4 is 57.6 Å². The zero-order valence-corrected chi connectivity index (χ0v) is 18.6. The van der Waals surface area contributed by atoms with Crippen molar-refractivity contribution in [2.24, 2.45) is 4.99 Å². The number of halogens is 2. The van der Waals surface area contributed by atoms with Crippen molar-refractivity contribution in [2.45, 2.75) is 38.1 Å². The van der Waals surface area contributed by atoms with Crippen LogP contribution in [-0.4, -0.2) is 37.1 Å². The van der Waals surface area contributed by atoms with Gasteiger partial charge >= 0.3 is 0 Å². The summed E-state index contributed by atoms with van der Waals surface area (Å²) in [6.07, 6.45) is 5.76. The Morgan fingerprint density at radius 1 is 1.30 bits per heavy atom. The number of benzene rings is 1. The van der Waals surface area contributed by atoms with Crippen molar-refractivity contribution in [3.05, 3.63) is 34.3 Å². The smallest absolute Gasteiger partial charge is 0.191 e. The van der Waals surface area contributed by atoms with Crippen molar-refractivity contribution in [1.29, 1.82) is 0 Å². The van der Waals surface area contributed by atoms with E-state index >= 15 is 0 Å². The number of aliphatic imine (C=N–C) groups is 1. The zero-order chi connectivity index (χ0) is 15.8. The molecule has 1 saturated carbocycles. The van der Waals surface area contributed by atoms with E-state index in [4.69, 9.17) is 0 Å². The Kier molecular flexibility index (Phi) is 10.6. The van der Waals surface area contributed by atoms with Crippen LogP contribution in [0.2, 0.25) is 0 Å². The summed E-state index contributed by atoms with van der Waals surface area (Å²) in [5, 5.41) is 6.92. The van der Waals surface area contributed by atoms with Gasteiger partial charge in [0, 0.05) is 29.5 Å². The molecule has 2 unspecified atom stereocenters. The average Bonchev–Trinajstić information content (AvgIpc) is 3.27. The lowest BCUT2D eigenvalue weighted by molar-refractivity contribution is 0.767. The van der Waals surface area contributed by atoms with Crippen LogP contribution < -0.4 is 10.6 Å². The number of hydrogen-bond acceptors (Lipinski definition) is 2. The van der Waals surface area contributed by atoms with Crippen molar-refractivity contribution in [2.75, 3.05) is 25.1 Å². The number of hydrogen-bond donors (Lipinski definition) is 2. The summed E-state index contributed by atoms with van der Waals surface area (Å²) in [7, 11) is 0. The van der Waals surface area contributed by atoms with E-state index in [9.17, 15) is 0 Å². The minimum absolute atomic E-state index is 0. The Morgan fingerprint density at radius 2 is 2.04 bits per heavy atom. The van der Waals surface area contributed by atoms with Gasteiger partial charge in [-0.05, 0) is 55.9 Å². The average molecular weight is 512 g/mol. The number of nitrogens with one attached hydrogen (secondary N) is 2. The van der Waals surface area contributed by atoms with E-state index in [2.05, 4.69) is 69.0 Å². The monoisotopic (exact) mass is 511 g/mol. The van der Waals surface area contributed by atoms with E-state index in [1.165, 1.54) is 24.2 Å². The van der Waals surface area contributed by atoms with E-state index in [-0.39, 0.29) is 24.0 Å². The molecule has 1 aromatic rings. The summed E-state index contributed by atoms with van der Waals surface area (Å²) in [5.74, 6) is 2.82. The second-order valence-electron chi connectivity index (χ2n) is 5.61. The molecule has 1 aromatic carbocycles. The zero-order valence-electron chi connectivity index (χ0n) is 13.8. The Hall–Kier alpha value is 0.0500. The van der Waals surface area contributed by atoms with Crippen molar-refractivity contribution in [3.63, 3.8) is 0 Å². The first-order valence-corrected chi connectivity index (χ1v) is 10.2. The molecule has 0 saturated heterocycles. The van der Waals surface area contributed by atoms with Gasteiger partial charge in [0.2, 0.25) is 0 Å². The first kappa shape index (κ1) is 21.1. The largest absolute Gasteiger partial charge is 0.357 e. The van der Waals surface area contributed by atoms with Crippen LogP contribution in [0.3, 0.4) is 0 Å². The number of nitrogens with zero attached hydrogens (tertiary/aromatic N) is 1. The molecule has 0 radical (unpaired) electrons. The third kappa shape index (κ3) is 7.65. The SMILES string of the molecule is CCNC(=NCCCCSC)NC1CC1c1ccc(Br)cc1.I. The number of guanidine groups is 1. The van der Waals surface area contributed by atoms with Gasteiger partial charge in [0.25, 0.3) is 0 Å². The van der Waals surface area contributed by atoms with Crippen LogP contribution in [-0.2, 0) is 0 Å². The highest BCUT2D eigenvalue weighted by molar-refractivity contribution is 14.0. The number of rotatable bonds is 8. The first-order chi connectivity index (χ1) is 10.7. The van der Waals surface area contributed by atoms with Crippen LogP contribution in [0.5, 0.6) is 0 Å². The molecule has 2 atom stereocenters. The fraction of sp³-hybridized carbons (Fsp3) is 0.588. The number of unbranched alkanes of at least 4 members (excludes halogenated alkanes) is 1. The fourth-order valence-electron chi connectivity index (χ4n) is 2.48. The van der Waals surface area contributed by atoms with Gasteiger partial charge in [-0.25, -0.2) is 0 Å². The van der Waals surface area contributed by atoms with E-state index in [0.717, 1.165) is 29.9 Å². The maximum atomic E-state index is 4.69. The molecule has 2 N–H and O–H groups in total. The molecule has 23 heavy (non-hydrogen) atoms. The van der Waals surface area contributed by atoms with Crippen LogP contribution in [0.15, 0.2) is 33.7 Å². The van der Waals surface area contributed by atoms with Gasteiger partial charge in [-0.3, -0.25) is 4.99 Å². The maximum Gasteiger partial charge on any atom is 0.191 e. The van der Waals surface area contributed by atoms with E-state index in [0.29, 0.717) is 12.0 Å². The summed E-state index contributed by atoms with van der Waals surface area (Å²) in [6, 6.07) is 9.18. The highest BCUT2D eigenvalue weighted by atomic mass is 127. The molecule has 1 aliphatic rings. The highest BCUT2D eigenvalue weighted by Crippen LogP contribution is 2.40. The first-order valence-electron chi connectivity index (χ1n) is 8.03. The predicted octanol–water partition coefficient (Wildman–Crippen LogP) is 4.62. The topological polar surface area (TPSA) is 36.4 Å². The normalized spacial score (nSPS) is 19.9. The second-order valence-corrected chi connectivity index (χ2v) is 7.51. The lowest BCUT2D eigenvalue weighted by atomic mass is 10.1. The molecule has 2 rings (SSSR count). The summed E-state index contributed by atoms with van der Waals surface area (Å²) in [6.45, 7) is 3.93. The van der Waals surface area contributed by atoms with Crippen molar-refractivity contribution in [1.82, 2.24) is 10.6 Å². The lowest BCUT2D eigenvalue weighted by Crippen LogP contribution is -2.39. The summed E-state index contributed by atoms with van der Waals surface area (Å²) in [5.41, 5.74) is 1.41. The third-order valence-corrected chi connectivity index (χ3v) is 5.01.